The van der Waals surface area contributed by atoms with Crippen LogP contribution in [0.1, 0.15) is 69.4 Å². The van der Waals surface area contributed by atoms with Crippen LogP contribution < -0.4 is 0 Å². The number of ether oxygens (including phenoxy) is 1. The molecule has 5 rings (SSSR count). The summed E-state index contributed by atoms with van der Waals surface area (Å²) in [7, 11) is 1.58. The van der Waals surface area contributed by atoms with Crippen LogP contribution in [0.4, 0.5) is 0 Å². The number of esters is 1. The van der Waals surface area contributed by atoms with Gasteiger partial charge in [0.2, 0.25) is 0 Å². The number of piperidine rings is 1. The minimum absolute atomic E-state index is 0.0566. The molecule has 4 aliphatic rings. The van der Waals surface area contributed by atoms with Crippen LogP contribution in [0.15, 0.2) is 30.3 Å². The van der Waals surface area contributed by atoms with Crippen LogP contribution in [0.2, 0.25) is 0 Å². The molecular formula is C26H35NO2. The summed E-state index contributed by atoms with van der Waals surface area (Å²) in [6.45, 7) is 4.69. The van der Waals surface area contributed by atoms with Gasteiger partial charge in [-0.25, -0.2) is 0 Å². The lowest BCUT2D eigenvalue weighted by Crippen LogP contribution is -2.50. The standard InChI is InChI=1S/C26H35NO2/c1-19-18-27(15-14-26(19)13-10-21-8-3-4-9-23(21)26)22-11-12-25(17-22,24(28)29-2)16-20-6-5-7-20/h3-4,8-10,13,19-20,22H,5-7,11-12,14-18H2,1-2H3/t19-,22?,25?,26-/m0/s1. The molecule has 156 valence electrons. The number of hydrogen-bond acceptors (Lipinski definition) is 3. The molecule has 2 unspecified atom stereocenters. The number of nitrogens with zero attached hydrogens (tertiary/aromatic N) is 1. The van der Waals surface area contributed by atoms with Crippen LogP contribution in [0.3, 0.4) is 0 Å². The van der Waals surface area contributed by atoms with Gasteiger partial charge in [-0.1, -0.05) is 62.6 Å². The van der Waals surface area contributed by atoms with E-state index < -0.39 is 0 Å². The molecule has 0 bridgehead atoms. The van der Waals surface area contributed by atoms with E-state index in [1.807, 2.05) is 0 Å². The lowest BCUT2D eigenvalue weighted by atomic mass is 9.67. The predicted octanol–water partition coefficient (Wildman–Crippen LogP) is 5.20. The van der Waals surface area contributed by atoms with E-state index >= 15 is 0 Å². The molecule has 1 spiro atoms. The molecule has 3 fully saturated rings. The van der Waals surface area contributed by atoms with Crippen molar-refractivity contribution in [1.29, 1.82) is 0 Å². The number of benzene rings is 1. The summed E-state index contributed by atoms with van der Waals surface area (Å²) < 4.78 is 5.31. The Hall–Kier alpha value is -1.61. The smallest absolute Gasteiger partial charge is 0.311 e. The van der Waals surface area contributed by atoms with Crippen molar-refractivity contribution in [2.75, 3.05) is 20.2 Å². The largest absolute Gasteiger partial charge is 0.469 e. The maximum Gasteiger partial charge on any atom is 0.311 e. The van der Waals surface area contributed by atoms with Crippen molar-refractivity contribution in [2.24, 2.45) is 17.3 Å². The van der Waals surface area contributed by atoms with E-state index in [2.05, 4.69) is 48.2 Å². The molecule has 0 aromatic heterocycles. The second-order valence-electron chi connectivity index (χ2n) is 10.3. The molecule has 0 amide bonds. The fourth-order valence-corrected chi connectivity index (χ4v) is 6.88. The van der Waals surface area contributed by atoms with Gasteiger partial charge in [-0.2, -0.15) is 0 Å². The molecule has 4 atom stereocenters. The molecule has 1 aromatic carbocycles. The van der Waals surface area contributed by atoms with E-state index in [0.717, 1.165) is 44.7 Å². The third-order valence-electron chi connectivity index (χ3n) is 8.84. The zero-order valence-corrected chi connectivity index (χ0v) is 18.0. The highest BCUT2D eigenvalue weighted by Gasteiger charge is 2.51. The fourth-order valence-electron chi connectivity index (χ4n) is 6.88. The Morgan fingerprint density at radius 3 is 2.76 bits per heavy atom. The molecule has 3 nitrogen and oxygen atoms in total. The summed E-state index contributed by atoms with van der Waals surface area (Å²) in [5.41, 5.74) is 2.91. The van der Waals surface area contributed by atoms with Crippen molar-refractivity contribution >= 4 is 12.0 Å². The molecule has 0 radical (unpaired) electrons. The van der Waals surface area contributed by atoms with E-state index in [1.54, 1.807) is 7.11 Å². The monoisotopic (exact) mass is 393 g/mol. The molecule has 3 heteroatoms. The molecule has 2 saturated carbocycles. The van der Waals surface area contributed by atoms with Crippen molar-refractivity contribution in [3.63, 3.8) is 0 Å². The number of carbonyl (C=O) groups is 1. The molecule has 1 aromatic rings. The maximum absolute atomic E-state index is 12.8. The Morgan fingerprint density at radius 1 is 1.21 bits per heavy atom. The van der Waals surface area contributed by atoms with Gasteiger partial charge in [0, 0.05) is 18.0 Å². The minimum atomic E-state index is -0.220. The van der Waals surface area contributed by atoms with Gasteiger partial charge in [-0.15, -0.1) is 0 Å². The number of hydrogen-bond donors (Lipinski definition) is 0. The first kappa shape index (κ1) is 19.4. The van der Waals surface area contributed by atoms with E-state index in [9.17, 15) is 4.79 Å². The third-order valence-corrected chi connectivity index (χ3v) is 8.84. The Morgan fingerprint density at radius 2 is 2.03 bits per heavy atom. The lowest BCUT2D eigenvalue weighted by Gasteiger charge is -2.47. The van der Waals surface area contributed by atoms with Gasteiger partial charge < -0.3 is 4.74 Å². The quantitative estimate of drug-likeness (QED) is 0.659. The predicted molar refractivity (Wildman–Crippen MR) is 117 cm³/mol. The van der Waals surface area contributed by atoms with Gasteiger partial charge in [0.15, 0.2) is 0 Å². The van der Waals surface area contributed by atoms with E-state index in [1.165, 1.54) is 36.8 Å². The van der Waals surface area contributed by atoms with Crippen LogP contribution in [0, 0.1) is 17.3 Å². The summed E-state index contributed by atoms with van der Waals surface area (Å²) in [6.07, 6.45) is 14.2. The molecule has 29 heavy (non-hydrogen) atoms. The Bertz CT molecular complexity index is 813. The number of likely N-dealkylation sites (tertiary alicyclic amines) is 1. The number of methoxy groups -OCH3 is 1. The maximum atomic E-state index is 12.8. The van der Waals surface area contributed by atoms with Gasteiger partial charge in [-0.3, -0.25) is 9.69 Å². The van der Waals surface area contributed by atoms with Crippen molar-refractivity contribution in [2.45, 2.75) is 69.7 Å². The van der Waals surface area contributed by atoms with Gasteiger partial charge in [-0.05, 0) is 61.6 Å². The van der Waals surface area contributed by atoms with Crippen molar-refractivity contribution in [3.8, 4) is 0 Å². The highest BCUT2D eigenvalue weighted by Crippen LogP contribution is 2.52. The molecule has 1 aliphatic heterocycles. The molecule has 3 aliphatic carbocycles. The Balaban J connectivity index is 1.30. The summed E-state index contributed by atoms with van der Waals surface area (Å²) in [6, 6.07) is 9.46. The molecular weight excluding hydrogens is 358 g/mol. The van der Waals surface area contributed by atoms with Crippen molar-refractivity contribution in [1.82, 2.24) is 4.90 Å². The zero-order valence-electron chi connectivity index (χ0n) is 18.0. The van der Waals surface area contributed by atoms with Crippen LogP contribution in [0.5, 0.6) is 0 Å². The normalized spacial score (nSPS) is 36.9. The van der Waals surface area contributed by atoms with Crippen LogP contribution in [0.25, 0.3) is 6.08 Å². The second kappa shape index (κ2) is 7.27. The summed E-state index contributed by atoms with van der Waals surface area (Å²) in [4.78, 5) is 15.5. The number of carbonyl (C=O) groups excluding carboxylic acids is 1. The minimum Gasteiger partial charge on any atom is -0.469 e. The molecule has 0 N–H and O–H groups in total. The Labute approximate surface area is 175 Å². The van der Waals surface area contributed by atoms with Crippen LogP contribution >= 0.6 is 0 Å². The van der Waals surface area contributed by atoms with Crippen molar-refractivity contribution in [3.05, 3.63) is 41.5 Å². The van der Waals surface area contributed by atoms with Gasteiger partial charge in [0.05, 0.1) is 12.5 Å². The van der Waals surface area contributed by atoms with Gasteiger partial charge in [0.25, 0.3) is 0 Å². The highest BCUT2D eigenvalue weighted by molar-refractivity contribution is 5.77. The average Bonchev–Trinajstić information content (AvgIpc) is 3.31. The number of fused-ring (bicyclic) bond motifs is 2. The SMILES string of the molecule is COC(=O)C1(CC2CCC2)CCC(N2CC[C@@]3(C=Cc4ccccc43)[C@@H](C)C2)C1. The second-order valence-corrected chi connectivity index (χ2v) is 10.3. The number of rotatable bonds is 4. The highest BCUT2D eigenvalue weighted by atomic mass is 16.5. The molecule has 1 saturated heterocycles. The zero-order chi connectivity index (χ0) is 20.1. The third kappa shape index (κ3) is 3.08. The van der Waals surface area contributed by atoms with Crippen LogP contribution in [-0.4, -0.2) is 37.1 Å². The Kier molecular flexibility index (Phi) is 4.85. The van der Waals surface area contributed by atoms with E-state index in [-0.39, 0.29) is 16.8 Å². The summed E-state index contributed by atoms with van der Waals surface area (Å²) in [5, 5.41) is 0. The first-order valence-electron chi connectivity index (χ1n) is 11.7. The summed E-state index contributed by atoms with van der Waals surface area (Å²) in [5.74, 6) is 1.40. The average molecular weight is 394 g/mol. The lowest BCUT2D eigenvalue weighted by molar-refractivity contribution is -0.154. The van der Waals surface area contributed by atoms with Gasteiger partial charge >= 0.3 is 5.97 Å². The van der Waals surface area contributed by atoms with Gasteiger partial charge in [0.1, 0.15) is 0 Å². The van der Waals surface area contributed by atoms with Crippen molar-refractivity contribution < 1.29 is 9.53 Å². The first-order valence-corrected chi connectivity index (χ1v) is 11.7. The first-order chi connectivity index (χ1) is 14.1. The topological polar surface area (TPSA) is 29.5 Å². The molecule has 1 heterocycles. The van der Waals surface area contributed by atoms with Crippen LogP contribution in [-0.2, 0) is 14.9 Å². The van der Waals surface area contributed by atoms with E-state index in [0.29, 0.717) is 12.0 Å². The summed E-state index contributed by atoms with van der Waals surface area (Å²) >= 11 is 0. The van der Waals surface area contributed by atoms with E-state index in [4.69, 9.17) is 4.74 Å². The fraction of sp³-hybridized carbons (Fsp3) is 0.654. The number of allylic oxidation sites excluding steroid dienone is 1.